The van der Waals surface area contributed by atoms with Crippen molar-refractivity contribution in [3.8, 4) is 0 Å². The molecule has 0 aromatic heterocycles. The molecular formula is C16H14F3NO2. The van der Waals surface area contributed by atoms with Crippen LogP contribution in [0.4, 0.5) is 18.9 Å². The van der Waals surface area contributed by atoms with Gasteiger partial charge in [0.2, 0.25) is 0 Å². The van der Waals surface area contributed by atoms with E-state index in [9.17, 15) is 18.0 Å². The van der Waals surface area contributed by atoms with Crippen LogP contribution in [0, 0.1) is 0 Å². The van der Waals surface area contributed by atoms with Crippen LogP contribution in [0.2, 0.25) is 0 Å². The van der Waals surface area contributed by atoms with Gasteiger partial charge in [-0.05, 0) is 12.1 Å². The van der Waals surface area contributed by atoms with Gasteiger partial charge in [-0.25, -0.2) is 0 Å². The van der Waals surface area contributed by atoms with E-state index in [4.69, 9.17) is 0 Å². The van der Waals surface area contributed by atoms with Gasteiger partial charge < -0.3 is 10.1 Å². The Morgan fingerprint density at radius 3 is 1.91 bits per heavy atom. The van der Waals surface area contributed by atoms with Crippen LogP contribution in [0.1, 0.15) is 5.56 Å². The maximum Gasteiger partial charge on any atom is 0.430 e. The molecule has 116 valence electrons. The Balaban J connectivity index is 2.47. The van der Waals surface area contributed by atoms with Crippen molar-refractivity contribution in [3.63, 3.8) is 0 Å². The lowest BCUT2D eigenvalue weighted by atomic mass is 9.91. The van der Waals surface area contributed by atoms with Crippen molar-refractivity contribution in [2.45, 2.75) is 11.8 Å². The number of carbonyl (C=O) groups excluding carboxylic acids is 1. The Morgan fingerprint density at radius 2 is 1.45 bits per heavy atom. The zero-order valence-electron chi connectivity index (χ0n) is 11.7. The number of alkyl halides is 3. The van der Waals surface area contributed by atoms with Crippen LogP contribution in [-0.2, 0) is 15.1 Å². The number of methoxy groups -OCH3 is 1. The van der Waals surface area contributed by atoms with Crippen molar-refractivity contribution in [1.82, 2.24) is 0 Å². The summed E-state index contributed by atoms with van der Waals surface area (Å²) in [5.41, 5.74) is -3.09. The van der Waals surface area contributed by atoms with E-state index in [2.05, 4.69) is 10.1 Å². The highest BCUT2D eigenvalue weighted by Crippen LogP contribution is 2.42. The topological polar surface area (TPSA) is 38.3 Å². The quantitative estimate of drug-likeness (QED) is 0.934. The van der Waals surface area contributed by atoms with Crippen LogP contribution in [0.5, 0.6) is 0 Å². The molecule has 0 spiro atoms. The second-order valence-corrected chi connectivity index (χ2v) is 4.57. The average Bonchev–Trinajstić information content (AvgIpc) is 2.49. The molecule has 22 heavy (non-hydrogen) atoms. The van der Waals surface area contributed by atoms with Crippen molar-refractivity contribution < 1.29 is 22.7 Å². The standard InChI is InChI=1S/C16H14F3NO2/c1-22-15(16(17,18)19,12-8-4-2-5-9-12)14(21)20-13-10-6-3-7-11-13/h2-11H,1H3,(H,20,21)/t15-/m1/s1. The second-order valence-electron chi connectivity index (χ2n) is 4.57. The molecule has 0 aliphatic rings. The zero-order chi connectivity index (χ0) is 16.2. The molecule has 2 aromatic rings. The molecule has 0 heterocycles. The Labute approximate surface area is 125 Å². The summed E-state index contributed by atoms with van der Waals surface area (Å²) in [6.07, 6.45) is -4.91. The fourth-order valence-corrected chi connectivity index (χ4v) is 2.16. The highest BCUT2D eigenvalue weighted by Gasteiger charge is 2.62. The molecule has 2 rings (SSSR count). The molecule has 0 aliphatic carbocycles. The maximum atomic E-state index is 13.6. The number of carbonyl (C=O) groups is 1. The molecule has 0 saturated carbocycles. The molecule has 0 radical (unpaired) electrons. The number of hydrogen-bond donors (Lipinski definition) is 1. The zero-order valence-corrected chi connectivity index (χ0v) is 11.7. The van der Waals surface area contributed by atoms with Gasteiger partial charge in [0.25, 0.3) is 11.5 Å². The third-order valence-electron chi connectivity index (χ3n) is 3.24. The maximum absolute atomic E-state index is 13.6. The van der Waals surface area contributed by atoms with Crippen LogP contribution in [-0.4, -0.2) is 19.2 Å². The van der Waals surface area contributed by atoms with Crippen LogP contribution >= 0.6 is 0 Å². The Kier molecular flexibility index (Phi) is 4.51. The Morgan fingerprint density at radius 1 is 0.955 bits per heavy atom. The lowest BCUT2D eigenvalue weighted by Gasteiger charge is -2.33. The number of anilines is 1. The summed E-state index contributed by atoms with van der Waals surface area (Å²) in [4.78, 5) is 12.4. The number of hydrogen-bond acceptors (Lipinski definition) is 2. The molecule has 3 nitrogen and oxygen atoms in total. The number of halogens is 3. The smallest absolute Gasteiger partial charge is 0.356 e. The van der Waals surface area contributed by atoms with E-state index in [1.807, 2.05) is 0 Å². The van der Waals surface area contributed by atoms with Crippen molar-refractivity contribution in [3.05, 3.63) is 66.2 Å². The first-order valence-electron chi connectivity index (χ1n) is 6.45. The molecule has 0 unspecified atom stereocenters. The molecule has 6 heteroatoms. The van der Waals surface area contributed by atoms with E-state index in [-0.39, 0.29) is 11.3 Å². The monoisotopic (exact) mass is 309 g/mol. The van der Waals surface area contributed by atoms with Crippen LogP contribution in [0.15, 0.2) is 60.7 Å². The molecule has 0 saturated heterocycles. The predicted octanol–water partition coefficient (Wildman–Crippen LogP) is 3.73. The third kappa shape index (κ3) is 2.82. The summed E-state index contributed by atoms with van der Waals surface area (Å²) in [6, 6.07) is 14.7. The highest BCUT2D eigenvalue weighted by molar-refractivity contribution is 5.98. The van der Waals surface area contributed by atoms with Crippen LogP contribution in [0.25, 0.3) is 0 Å². The number of amides is 1. The summed E-state index contributed by atoms with van der Waals surface area (Å²) in [5, 5.41) is 2.25. The molecular weight excluding hydrogens is 295 g/mol. The minimum Gasteiger partial charge on any atom is -0.356 e. The van der Waals surface area contributed by atoms with E-state index >= 15 is 0 Å². The summed E-state index contributed by atoms with van der Waals surface area (Å²) >= 11 is 0. The molecule has 0 bridgehead atoms. The Hall–Kier alpha value is -2.34. The fourth-order valence-electron chi connectivity index (χ4n) is 2.16. The van der Waals surface area contributed by atoms with Gasteiger partial charge in [-0.3, -0.25) is 4.79 Å². The SMILES string of the molecule is CO[C@@](C(=O)Nc1ccccc1)(c1ccccc1)C(F)(F)F. The van der Waals surface area contributed by atoms with E-state index < -0.39 is 17.7 Å². The van der Waals surface area contributed by atoms with E-state index in [1.165, 1.54) is 36.4 Å². The van der Waals surface area contributed by atoms with Gasteiger partial charge in [0, 0.05) is 18.4 Å². The van der Waals surface area contributed by atoms with Crippen molar-refractivity contribution >= 4 is 11.6 Å². The molecule has 2 aromatic carbocycles. The highest BCUT2D eigenvalue weighted by atomic mass is 19.4. The molecule has 0 fully saturated rings. The van der Waals surface area contributed by atoms with Crippen LogP contribution in [0.3, 0.4) is 0 Å². The number of para-hydroxylation sites is 1. The number of ether oxygens (including phenoxy) is 1. The van der Waals surface area contributed by atoms with E-state index in [0.717, 1.165) is 7.11 Å². The molecule has 1 amide bonds. The van der Waals surface area contributed by atoms with Gasteiger partial charge in [0.05, 0.1) is 0 Å². The molecule has 0 aliphatic heterocycles. The van der Waals surface area contributed by atoms with Gasteiger partial charge in [0.15, 0.2) is 0 Å². The normalized spacial score (nSPS) is 14.2. The van der Waals surface area contributed by atoms with Gasteiger partial charge >= 0.3 is 6.18 Å². The fraction of sp³-hybridized carbons (Fsp3) is 0.188. The minimum atomic E-state index is -4.91. The predicted molar refractivity (Wildman–Crippen MR) is 76.3 cm³/mol. The summed E-state index contributed by atoms with van der Waals surface area (Å²) in [7, 11) is 0.866. The van der Waals surface area contributed by atoms with Gasteiger partial charge in [-0.1, -0.05) is 48.5 Å². The third-order valence-corrected chi connectivity index (χ3v) is 3.24. The summed E-state index contributed by atoms with van der Waals surface area (Å²) in [5.74, 6) is -1.29. The van der Waals surface area contributed by atoms with Gasteiger partial charge in [-0.2, -0.15) is 13.2 Å². The molecule has 1 atom stereocenters. The van der Waals surface area contributed by atoms with Crippen molar-refractivity contribution in [1.29, 1.82) is 0 Å². The van der Waals surface area contributed by atoms with Gasteiger partial charge in [0.1, 0.15) is 0 Å². The first-order valence-corrected chi connectivity index (χ1v) is 6.45. The minimum absolute atomic E-state index is 0.258. The lowest BCUT2D eigenvalue weighted by molar-refractivity contribution is -0.263. The van der Waals surface area contributed by atoms with E-state index in [0.29, 0.717) is 0 Å². The molecule has 1 N–H and O–H groups in total. The first kappa shape index (κ1) is 16.0. The van der Waals surface area contributed by atoms with Crippen molar-refractivity contribution in [2.24, 2.45) is 0 Å². The number of rotatable bonds is 4. The number of benzene rings is 2. The lowest BCUT2D eigenvalue weighted by Crippen LogP contribution is -2.53. The van der Waals surface area contributed by atoms with Gasteiger partial charge in [-0.15, -0.1) is 0 Å². The average molecular weight is 309 g/mol. The largest absolute Gasteiger partial charge is 0.430 e. The van der Waals surface area contributed by atoms with Crippen molar-refractivity contribution in [2.75, 3.05) is 12.4 Å². The first-order chi connectivity index (χ1) is 10.4. The number of nitrogens with one attached hydrogen (secondary N) is 1. The van der Waals surface area contributed by atoms with E-state index in [1.54, 1.807) is 24.3 Å². The summed E-state index contributed by atoms with van der Waals surface area (Å²) < 4.78 is 45.6. The second kappa shape index (κ2) is 6.19. The summed E-state index contributed by atoms with van der Waals surface area (Å²) in [6.45, 7) is 0. The Bertz CT molecular complexity index is 629. The van der Waals surface area contributed by atoms with Crippen LogP contribution < -0.4 is 5.32 Å².